The summed E-state index contributed by atoms with van der Waals surface area (Å²) in [6.45, 7) is 2.06. The minimum absolute atomic E-state index is 0.149. The molecule has 0 saturated heterocycles. The first-order valence-electron chi connectivity index (χ1n) is 6.20. The van der Waals surface area contributed by atoms with Gasteiger partial charge < -0.3 is 9.47 Å². The lowest BCUT2D eigenvalue weighted by Gasteiger charge is -2.30. The number of hydrogen-bond donors (Lipinski definition) is 0. The molecule has 1 aliphatic carbocycles. The summed E-state index contributed by atoms with van der Waals surface area (Å²) in [5.41, 5.74) is 1.03. The third-order valence-corrected chi connectivity index (χ3v) is 3.61. The molecule has 1 aliphatic rings. The number of carbonyl (C=O) groups is 2. The second kappa shape index (κ2) is 8.53. The maximum Gasteiger partial charge on any atom is 0.335 e. The van der Waals surface area contributed by atoms with E-state index in [0.717, 1.165) is 12.8 Å². The molecule has 0 radical (unpaired) electrons. The fourth-order valence-electron chi connectivity index (χ4n) is 2.04. The summed E-state index contributed by atoms with van der Waals surface area (Å²) in [6, 6.07) is 0. The molecule has 0 saturated carbocycles. The minimum atomic E-state index is -0.377. The Bertz CT molecular complexity index is 366. The van der Waals surface area contributed by atoms with Crippen molar-refractivity contribution >= 4 is 35.5 Å². The molecule has 1 unspecified atom stereocenters. The highest BCUT2D eigenvalue weighted by molar-refractivity contribution is 7.98. The normalized spacial score (nSPS) is 17.9. The Kier molecular flexibility index (Phi) is 7.38. The Morgan fingerprint density at radius 2 is 1.74 bits per heavy atom. The van der Waals surface area contributed by atoms with E-state index in [2.05, 4.69) is 6.92 Å². The first-order valence-corrected chi connectivity index (χ1v) is 8.99. The fourth-order valence-corrected chi connectivity index (χ4v) is 2.49. The third-order valence-electron chi connectivity index (χ3n) is 2.90. The van der Waals surface area contributed by atoms with E-state index in [4.69, 9.17) is 9.47 Å². The van der Waals surface area contributed by atoms with Crippen LogP contribution in [0, 0.1) is 5.92 Å². The Labute approximate surface area is 122 Å². The van der Waals surface area contributed by atoms with Gasteiger partial charge in [-0.3, -0.25) is 0 Å². The molecule has 0 N–H and O–H groups in total. The molecule has 1 rings (SSSR count). The molecule has 1 atom stereocenters. The highest BCUT2D eigenvalue weighted by atomic mass is 32.2. The molecule has 0 bridgehead atoms. The number of carbonyl (C=O) groups excluding carboxylic acids is 2. The lowest BCUT2D eigenvalue weighted by atomic mass is 9.75. The molecule has 0 spiro atoms. The van der Waals surface area contributed by atoms with Crippen molar-refractivity contribution in [2.45, 2.75) is 26.2 Å². The zero-order valence-corrected chi connectivity index (χ0v) is 13.2. The smallest absolute Gasteiger partial charge is 0.335 e. The number of thioether (sulfide) groups is 2. The number of ether oxygens (including phenoxy) is 2. The summed E-state index contributed by atoms with van der Waals surface area (Å²) >= 11 is 2.87. The Morgan fingerprint density at radius 3 is 2.26 bits per heavy atom. The van der Waals surface area contributed by atoms with Gasteiger partial charge in [-0.25, -0.2) is 9.59 Å². The van der Waals surface area contributed by atoms with Crippen LogP contribution < -0.4 is 0 Å². The first-order chi connectivity index (χ1) is 9.15. The Hall–Kier alpha value is -0.620. The predicted molar refractivity (Wildman–Crippen MR) is 79.0 cm³/mol. The van der Waals surface area contributed by atoms with E-state index in [-0.39, 0.29) is 17.9 Å². The largest absolute Gasteiger partial charge is 0.451 e. The van der Waals surface area contributed by atoms with Gasteiger partial charge in [-0.05, 0) is 31.3 Å². The summed E-state index contributed by atoms with van der Waals surface area (Å²) in [7, 11) is 0. The molecular formula is C13H20O4S2. The van der Waals surface area contributed by atoms with Crippen LogP contribution in [0.5, 0.6) is 0 Å². The summed E-state index contributed by atoms with van der Waals surface area (Å²) in [4.78, 5) is 23.8. The molecule has 0 aromatic carbocycles. The average molecular weight is 304 g/mol. The van der Waals surface area contributed by atoms with Gasteiger partial charge in [0.25, 0.3) is 0 Å². The summed E-state index contributed by atoms with van der Waals surface area (Å²) in [6.07, 6.45) is 6.24. The Balaban J connectivity index is 2.74. The highest BCUT2D eigenvalue weighted by Gasteiger charge is 2.38. The lowest BCUT2D eigenvalue weighted by Crippen LogP contribution is -2.31. The van der Waals surface area contributed by atoms with Crippen molar-refractivity contribution in [2.75, 3.05) is 24.4 Å². The van der Waals surface area contributed by atoms with Crippen LogP contribution in [0.3, 0.4) is 0 Å². The van der Waals surface area contributed by atoms with Gasteiger partial charge in [0.15, 0.2) is 0 Å². The molecular weight excluding hydrogens is 284 g/mol. The molecule has 0 aromatic rings. The topological polar surface area (TPSA) is 52.6 Å². The van der Waals surface area contributed by atoms with E-state index < -0.39 is 0 Å². The summed E-state index contributed by atoms with van der Waals surface area (Å²) < 4.78 is 10.2. The van der Waals surface area contributed by atoms with Gasteiger partial charge >= 0.3 is 11.9 Å². The second-order valence-electron chi connectivity index (χ2n) is 4.26. The standard InChI is InChI=1S/C13H20O4S2/c1-4-5-9-6-10(12(14)16-7-18-2)11(9)13(15)17-8-19-3/h9H,4-8H2,1-3H3. The van der Waals surface area contributed by atoms with Crippen molar-refractivity contribution < 1.29 is 19.1 Å². The van der Waals surface area contributed by atoms with Gasteiger partial charge in [0.05, 0.1) is 5.57 Å². The van der Waals surface area contributed by atoms with E-state index in [1.165, 1.54) is 23.5 Å². The summed E-state index contributed by atoms with van der Waals surface area (Å²) in [5.74, 6) is 0.0338. The summed E-state index contributed by atoms with van der Waals surface area (Å²) in [5, 5.41) is 0. The molecule has 19 heavy (non-hydrogen) atoms. The van der Waals surface area contributed by atoms with Crippen LogP contribution in [-0.2, 0) is 19.1 Å². The lowest BCUT2D eigenvalue weighted by molar-refractivity contribution is -0.142. The quantitative estimate of drug-likeness (QED) is 0.508. The van der Waals surface area contributed by atoms with Crippen LogP contribution >= 0.6 is 23.5 Å². The molecule has 0 fully saturated rings. The molecule has 0 heterocycles. The van der Waals surface area contributed by atoms with Crippen molar-refractivity contribution in [3.8, 4) is 0 Å². The van der Waals surface area contributed by atoms with Gasteiger partial charge in [0, 0.05) is 5.57 Å². The van der Waals surface area contributed by atoms with Gasteiger partial charge in [-0.1, -0.05) is 13.3 Å². The molecule has 0 aliphatic heterocycles. The molecule has 0 aromatic heterocycles. The number of rotatable bonds is 8. The monoisotopic (exact) mass is 304 g/mol. The van der Waals surface area contributed by atoms with Crippen molar-refractivity contribution in [1.29, 1.82) is 0 Å². The SMILES string of the molecule is CCCC1CC(C(=O)OCSC)=C1C(=O)OCSC. The Morgan fingerprint density at radius 1 is 1.16 bits per heavy atom. The van der Waals surface area contributed by atoms with E-state index in [1.54, 1.807) is 0 Å². The van der Waals surface area contributed by atoms with E-state index >= 15 is 0 Å². The van der Waals surface area contributed by atoms with Crippen molar-refractivity contribution in [3.05, 3.63) is 11.1 Å². The molecule has 108 valence electrons. The molecule has 4 nitrogen and oxygen atoms in total. The van der Waals surface area contributed by atoms with Crippen LogP contribution in [0.15, 0.2) is 11.1 Å². The van der Waals surface area contributed by atoms with E-state index in [9.17, 15) is 9.59 Å². The van der Waals surface area contributed by atoms with Gasteiger partial charge in [-0.15, -0.1) is 23.5 Å². The second-order valence-corrected chi connectivity index (χ2v) is 5.88. The third kappa shape index (κ3) is 4.45. The maximum atomic E-state index is 12.0. The molecule has 6 heteroatoms. The zero-order valence-electron chi connectivity index (χ0n) is 11.6. The van der Waals surface area contributed by atoms with Crippen LogP contribution in [0.2, 0.25) is 0 Å². The average Bonchev–Trinajstić information content (AvgIpc) is 2.37. The van der Waals surface area contributed by atoms with E-state index in [1.807, 2.05) is 12.5 Å². The minimum Gasteiger partial charge on any atom is -0.451 e. The van der Waals surface area contributed by atoms with Crippen LogP contribution in [0.4, 0.5) is 0 Å². The van der Waals surface area contributed by atoms with Crippen LogP contribution in [-0.4, -0.2) is 36.3 Å². The predicted octanol–water partition coefficient (Wildman–Crippen LogP) is 2.83. The number of esters is 2. The van der Waals surface area contributed by atoms with Crippen LogP contribution in [0.1, 0.15) is 26.2 Å². The van der Waals surface area contributed by atoms with Crippen molar-refractivity contribution in [2.24, 2.45) is 5.92 Å². The van der Waals surface area contributed by atoms with Gasteiger partial charge in [0.2, 0.25) is 0 Å². The van der Waals surface area contributed by atoms with Crippen LogP contribution in [0.25, 0.3) is 0 Å². The van der Waals surface area contributed by atoms with Gasteiger partial charge in [-0.2, -0.15) is 0 Å². The van der Waals surface area contributed by atoms with E-state index in [0.29, 0.717) is 29.4 Å². The first kappa shape index (κ1) is 16.4. The molecule has 0 amide bonds. The zero-order chi connectivity index (χ0) is 14.3. The van der Waals surface area contributed by atoms with Crippen molar-refractivity contribution in [3.63, 3.8) is 0 Å². The maximum absolute atomic E-state index is 12.0. The van der Waals surface area contributed by atoms with Gasteiger partial charge in [0.1, 0.15) is 11.9 Å². The fraction of sp³-hybridized carbons (Fsp3) is 0.692. The van der Waals surface area contributed by atoms with Crippen molar-refractivity contribution in [1.82, 2.24) is 0 Å². The highest BCUT2D eigenvalue weighted by Crippen LogP contribution is 2.39. The number of hydrogen-bond acceptors (Lipinski definition) is 6.